The largest absolute Gasteiger partial charge is 0.314 e. The summed E-state index contributed by atoms with van der Waals surface area (Å²) in [5.74, 6) is 1.75. The Bertz CT molecular complexity index is 1020. The number of nitrogens with zero attached hydrogens (tertiary/aromatic N) is 7. The molecule has 1 N–H and O–H groups in total. The maximum Gasteiger partial charge on any atom is 0.195 e. The van der Waals surface area contributed by atoms with E-state index in [0.29, 0.717) is 4.77 Å². The molecule has 4 rings (SSSR count). The fraction of sp³-hybridized carbons (Fsp3) is 0.222. The lowest BCUT2D eigenvalue weighted by molar-refractivity contribution is 0.755. The number of hydrogen-bond acceptors (Lipinski definition) is 6. The Labute approximate surface area is 162 Å². The van der Waals surface area contributed by atoms with E-state index >= 15 is 0 Å². The lowest BCUT2D eigenvalue weighted by Gasteiger charge is -2.01. The molecule has 0 unspecified atom stereocenters. The summed E-state index contributed by atoms with van der Waals surface area (Å²) in [6.07, 6.45) is 8.73. The molecule has 0 spiro atoms. The van der Waals surface area contributed by atoms with Crippen LogP contribution in [-0.4, -0.2) is 39.5 Å². The number of aryl methyl sites for hydroxylation is 1. The van der Waals surface area contributed by atoms with Crippen molar-refractivity contribution in [1.29, 1.82) is 0 Å². The first-order chi connectivity index (χ1) is 13.2. The van der Waals surface area contributed by atoms with Crippen LogP contribution in [0.15, 0.2) is 55.4 Å². The molecule has 0 saturated carbocycles. The van der Waals surface area contributed by atoms with E-state index in [9.17, 15) is 0 Å². The Morgan fingerprint density at radius 2 is 1.48 bits per heavy atom. The molecule has 8 nitrogen and oxygen atoms in total. The van der Waals surface area contributed by atoms with Crippen molar-refractivity contribution in [3.63, 3.8) is 0 Å². The second kappa shape index (κ2) is 8.95. The van der Waals surface area contributed by atoms with Gasteiger partial charge in [0.05, 0.1) is 0 Å². The van der Waals surface area contributed by atoms with E-state index in [1.165, 1.54) is 0 Å². The lowest BCUT2D eigenvalue weighted by Crippen LogP contribution is -1.97. The minimum absolute atomic E-state index is 0.652. The molecule has 0 fully saturated rings. The SMILES string of the molecule is CCn1c(-c2ccncc2)n[nH]c1=S.CCn1cnnc1-c1ccncc1. The fourth-order valence-corrected chi connectivity index (χ4v) is 2.80. The summed E-state index contributed by atoms with van der Waals surface area (Å²) in [5.41, 5.74) is 2.07. The molecule has 0 aliphatic carbocycles. The van der Waals surface area contributed by atoms with Crippen molar-refractivity contribution >= 4 is 12.2 Å². The molecule has 0 atom stereocenters. The first-order valence-corrected chi connectivity index (χ1v) is 8.99. The molecule has 0 radical (unpaired) electrons. The summed E-state index contributed by atoms with van der Waals surface area (Å²) in [6.45, 7) is 5.79. The van der Waals surface area contributed by atoms with Gasteiger partial charge in [-0.3, -0.25) is 15.1 Å². The third-order valence-electron chi connectivity index (χ3n) is 3.91. The highest BCUT2D eigenvalue weighted by Gasteiger charge is 2.06. The van der Waals surface area contributed by atoms with Gasteiger partial charge in [0, 0.05) is 49.0 Å². The highest BCUT2D eigenvalue weighted by Crippen LogP contribution is 2.15. The van der Waals surface area contributed by atoms with Crippen LogP contribution in [0.4, 0.5) is 0 Å². The Kier molecular flexibility index (Phi) is 6.16. The standard InChI is InChI=1S/C9H10N4S.C9H10N4/c1-2-13-8(11-12-9(13)14)7-3-5-10-6-4-7;1-2-13-7-11-12-9(13)8-3-5-10-6-4-8/h3-6H,2H2,1H3,(H,12,14);3-7H,2H2,1H3. The van der Waals surface area contributed by atoms with Gasteiger partial charge in [-0.2, -0.15) is 5.10 Å². The van der Waals surface area contributed by atoms with Gasteiger partial charge in [-0.05, 0) is 50.3 Å². The monoisotopic (exact) mass is 380 g/mol. The summed E-state index contributed by atoms with van der Waals surface area (Å²) in [4.78, 5) is 7.91. The zero-order chi connectivity index (χ0) is 19.1. The zero-order valence-electron chi connectivity index (χ0n) is 15.1. The van der Waals surface area contributed by atoms with Gasteiger partial charge >= 0.3 is 0 Å². The van der Waals surface area contributed by atoms with Gasteiger partial charge in [0.15, 0.2) is 16.4 Å². The van der Waals surface area contributed by atoms with Crippen molar-refractivity contribution in [2.45, 2.75) is 26.9 Å². The predicted molar refractivity (Wildman–Crippen MR) is 105 cm³/mol. The number of pyridine rings is 2. The van der Waals surface area contributed by atoms with E-state index in [-0.39, 0.29) is 0 Å². The third-order valence-corrected chi connectivity index (χ3v) is 4.22. The lowest BCUT2D eigenvalue weighted by atomic mass is 10.2. The normalized spacial score (nSPS) is 10.3. The van der Waals surface area contributed by atoms with E-state index in [1.54, 1.807) is 31.1 Å². The van der Waals surface area contributed by atoms with Gasteiger partial charge in [-0.15, -0.1) is 10.2 Å². The maximum absolute atomic E-state index is 5.10. The van der Waals surface area contributed by atoms with Crippen LogP contribution in [0.3, 0.4) is 0 Å². The minimum Gasteiger partial charge on any atom is -0.314 e. The van der Waals surface area contributed by atoms with Crippen LogP contribution in [0.5, 0.6) is 0 Å². The van der Waals surface area contributed by atoms with Crippen LogP contribution in [0, 0.1) is 4.77 Å². The Balaban J connectivity index is 0.000000156. The zero-order valence-corrected chi connectivity index (χ0v) is 16.0. The molecule has 4 aromatic rings. The van der Waals surface area contributed by atoms with Crippen molar-refractivity contribution < 1.29 is 0 Å². The van der Waals surface area contributed by atoms with Crippen molar-refractivity contribution in [3.05, 3.63) is 60.2 Å². The second-order valence-corrected chi connectivity index (χ2v) is 5.90. The molecule has 138 valence electrons. The molecule has 0 saturated heterocycles. The number of aromatic nitrogens is 8. The van der Waals surface area contributed by atoms with Gasteiger partial charge in [0.25, 0.3) is 0 Å². The molecular weight excluding hydrogens is 360 g/mol. The van der Waals surface area contributed by atoms with Gasteiger partial charge in [0.2, 0.25) is 0 Å². The maximum atomic E-state index is 5.10. The van der Waals surface area contributed by atoms with E-state index in [4.69, 9.17) is 12.2 Å². The van der Waals surface area contributed by atoms with Gasteiger partial charge < -0.3 is 9.13 Å². The first kappa shape index (κ1) is 18.6. The first-order valence-electron chi connectivity index (χ1n) is 8.58. The summed E-state index contributed by atoms with van der Waals surface area (Å²) in [6, 6.07) is 7.68. The highest BCUT2D eigenvalue weighted by atomic mass is 32.1. The summed E-state index contributed by atoms with van der Waals surface area (Å²) in [5, 5.41) is 14.9. The van der Waals surface area contributed by atoms with Gasteiger partial charge in [0.1, 0.15) is 6.33 Å². The molecular formula is C18H20N8S. The molecule has 0 aliphatic heterocycles. The highest BCUT2D eigenvalue weighted by molar-refractivity contribution is 7.71. The third kappa shape index (κ3) is 4.32. The van der Waals surface area contributed by atoms with Crippen LogP contribution >= 0.6 is 12.2 Å². The number of rotatable bonds is 4. The second-order valence-electron chi connectivity index (χ2n) is 5.51. The average molecular weight is 380 g/mol. The number of H-pyrrole nitrogens is 1. The van der Waals surface area contributed by atoms with Gasteiger partial charge in [-0.1, -0.05) is 0 Å². The van der Waals surface area contributed by atoms with E-state index in [0.717, 1.165) is 35.9 Å². The van der Waals surface area contributed by atoms with E-state index < -0.39 is 0 Å². The summed E-state index contributed by atoms with van der Waals surface area (Å²) < 4.78 is 4.60. The Morgan fingerprint density at radius 1 is 0.889 bits per heavy atom. The van der Waals surface area contributed by atoms with Crippen LogP contribution in [0.25, 0.3) is 22.8 Å². The van der Waals surface area contributed by atoms with Crippen LogP contribution in [0.2, 0.25) is 0 Å². The molecule has 9 heteroatoms. The topological polar surface area (TPSA) is 90.1 Å². The molecule has 0 aromatic carbocycles. The number of hydrogen-bond donors (Lipinski definition) is 1. The molecule has 0 amide bonds. The number of nitrogens with one attached hydrogen (secondary N) is 1. The van der Waals surface area contributed by atoms with Crippen molar-refractivity contribution in [1.82, 2.24) is 39.5 Å². The minimum atomic E-state index is 0.652. The van der Waals surface area contributed by atoms with Crippen LogP contribution < -0.4 is 0 Å². The average Bonchev–Trinajstić information content (AvgIpc) is 3.36. The quantitative estimate of drug-likeness (QED) is 0.546. The summed E-state index contributed by atoms with van der Waals surface area (Å²) >= 11 is 5.10. The molecule has 27 heavy (non-hydrogen) atoms. The smallest absolute Gasteiger partial charge is 0.195 e. The number of aromatic amines is 1. The van der Waals surface area contributed by atoms with Crippen molar-refractivity contribution in [2.75, 3.05) is 0 Å². The van der Waals surface area contributed by atoms with Crippen molar-refractivity contribution in [2.24, 2.45) is 0 Å². The molecule has 0 bridgehead atoms. The summed E-state index contributed by atoms with van der Waals surface area (Å²) in [7, 11) is 0. The van der Waals surface area contributed by atoms with Gasteiger partial charge in [-0.25, -0.2) is 0 Å². The molecule has 4 aromatic heterocycles. The predicted octanol–water partition coefficient (Wildman–Crippen LogP) is 3.38. The van der Waals surface area contributed by atoms with E-state index in [2.05, 4.69) is 37.3 Å². The Morgan fingerprint density at radius 3 is 2.04 bits per heavy atom. The molecule has 0 aliphatic rings. The Hall–Kier alpha value is -3.20. The molecule has 4 heterocycles. The van der Waals surface area contributed by atoms with Crippen LogP contribution in [0.1, 0.15) is 13.8 Å². The fourth-order valence-electron chi connectivity index (χ4n) is 2.54. The van der Waals surface area contributed by atoms with Crippen molar-refractivity contribution in [3.8, 4) is 22.8 Å². The van der Waals surface area contributed by atoms with Crippen LogP contribution in [-0.2, 0) is 13.1 Å². The van der Waals surface area contributed by atoms with E-state index in [1.807, 2.05) is 40.3 Å².